The number of hydrogen-bond donors (Lipinski definition) is 1. The number of amides is 1. The summed E-state index contributed by atoms with van der Waals surface area (Å²) in [6.45, 7) is 9.11. The summed E-state index contributed by atoms with van der Waals surface area (Å²) in [4.78, 5) is 34.7. The number of carbonyl (C=O) groups is 2. The van der Waals surface area contributed by atoms with E-state index in [1.807, 2.05) is 71.8 Å². The first kappa shape index (κ1) is 33.6. The van der Waals surface area contributed by atoms with Crippen molar-refractivity contribution in [3.8, 4) is 11.5 Å². The molecule has 1 saturated carbocycles. The first-order valence-electron chi connectivity index (χ1n) is 16.2. The molecule has 1 N–H and O–H groups in total. The molecule has 2 aliphatic rings. The minimum absolute atomic E-state index is 0.0497. The Balaban J connectivity index is 1.28. The lowest BCUT2D eigenvalue weighted by molar-refractivity contribution is -0.137. The number of ether oxygens (including phenoxy) is 2. The Morgan fingerprint density at radius 2 is 1.76 bits per heavy atom. The van der Waals surface area contributed by atoms with E-state index in [1.54, 1.807) is 18.9 Å². The number of rotatable bonds is 13. The van der Waals surface area contributed by atoms with Gasteiger partial charge in [-0.05, 0) is 97.1 Å². The van der Waals surface area contributed by atoms with E-state index in [2.05, 4.69) is 25.7 Å². The number of methoxy groups -OCH3 is 1. The third-order valence-corrected chi connectivity index (χ3v) is 9.47. The van der Waals surface area contributed by atoms with Crippen LogP contribution in [0.3, 0.4) is 0 Å². The first-order valence-corrected chi connectivity index (χ1v) is 17.5. The topological polar surface area (TPSA) is 92.2 Å². The van der Waals surface area contributed by atoms with Crippen LogP contribution in [0.15, 0.2) is 65.7 Å². The Hall–Kier alpha value is -3.72. The van der Waals surface area contributed by atoms with Crippen molar-refractivity contribution >= 4 is 35.1 Å². The number of carboxylic acids is 1. The number of pyridine rings is 1. The lowest BCUT2D eigenvalue weighted by atomic mass is 9.91. The molecule has 1 amide bonds. The van der Waals surface area contributed by atoms with Gasteiger partial charge >= 0.3 is 5.97 Å². The van der Waals surface area contributed by atoms with Crippen LogP contribution in [-0.4, -0.2) is 61.6 Å². The zero-order valence-corrected chi connectivity index (χ0v) is 28.5. The summed E-state index contributed by atoms with van der Waals surface area (Å²) in [5, 5.41) is 10.3. The van der Waals surface area contributed by atoms with Crippen LogP contribution in [0, 0.1) is 17.3 Å². The van der Waals surface area contributed by atoms with Gasteiger partial charge < -0.3 is 19.5 Å². The van der Waals surface area contributed by atoms with E-state index in [4.69, 9.17) is 14.5 Å². The largest absolute Gasteiger partial charge is 0.497 e. The number of thioether (sulfide) groups is 1. The number of anilines is 2. The summed E-state index contributed by atoms with van der Waals surface area (Å²) in [6.07, 6.45) is 6.20. The molecule has 2 aromatic carbocycles. The summed E-state index contributed by atoms with van der Waals surface area (Å²) in [7, 11) is 1.65. The van der Waals surface area contributed by atoms with Crippen LogP contribution in [0.5, 0.6) is 11.5 Å². The lowest BCUT2D eigenvalue weighted by Crippen LogP contribution is -2.41. The second-order valence-corrected chi connectivity index (χ2v) is 14.6. The molecule has 0 radical (unpaired) electrons. The molecule has 1 saturated heterocycles. The number of benzene rings is 2. The van der Waals surface area contributed by atoms with Gasteiger partial charge in [-0.25, -0.2) is 4.98 Å². The molecule has 1 aliphatic carbocycles. The van der Waals surface area contributed by atoms with Gasteiger partial charge in [-0.1, -0.05) is 39.0 Å². The zero-order chi connectivity index (χ0) is 32.8. The van der Waals surface area contributed by atoms with E-state index in [1.165, 1.54) is 0 Å². The molecular weight excluding hydrogens is 598 g/mol. The molecule has 1 aromatic heterocycles. The van der Waals surface area contributed by atoms with Gasteiger partial charge in [0.25, 0.3) is 5.91 Å². The smallest absolute Gasteiger partial charge is 0.303 e. The highest BCUT2D eigenvalue weighted by Crippen LogP contribution is 2.45. The predicted molar refractivity (Wildman–Crippen MR) is 185 cm³/mol. The monoisotopic (exact) mass is 645 g/mol. The first-order chi connectivity index (χ1) is 22.0. The Morgan fingerprint density at radius 1 is 1.02 bits per heavy atom. The van der Waals surface area contributed by atoms with Gasteiger partial charge in [0, 0.05) is 25.7 Å². The lowest BCUT2D eigenvalue weighted by Gasteiger charge is -2.36. The van der Waals surface area contributed by atoms with Crippen molar-refractivity contribution in [3.05, 3.63) is 71.8 Å². The number of nitrogens with zero attached hydrogens (tertiary/aromatic N) is 3. The maximum atomic E-state index is 14.3. The maximum Gasteiger partial charge on any atom is 0.303 e. The summed E-state index contributed by atoms with van der Waals surface area (Å²) in [5.74, 6) is 2.23. The van der Waals surface area contributed by atoms with Crippen LogP contribution in [-0.2, 0) is 4.79 Å². The normalized spacial score (nSPS) is 16.2. The number of hydrogen-bond acceptors (Lipinski definition) is 7. The van der Waals surface area contributed by atoms with E-state index in [0.717, 1.165) is 60.8 Å². The van der Waals surface area contributed by atoms with E-state index in [-0.39, 0.29) is 23.7 Å². The van der Waals surface area contributed by atoms with Crippen molar-refractivity contribution in [1.29, 1.82) is 0 Å². The van der Waals surface area contributed by atoms with E-state index in [9.17, 15) is 14.7 Å². The van der Waals surface area contributed by atoms with Crippen molar-refractivity contribution in [2.45, 2.75) is 63.8 Å². The Labute approximate surface area is 277 Å². The van der Waals surface area contributed by atoms with Gasteiger partial charge in [0.15, 0.2) is 0 Å². The molecule has 0 spiro atoms. The molecule has 2 fully saturated rings. The van der Waals surface area contributed by atoms with Crippen molar-refractivity contribution in [1.82, 2.24) is 4.98 Å². The number of aromatic nitrogens is 1. The van der Waals surface area contributed by atoms with Gasteiger partial charge in [0.2, 0.25) is 0 Å². The highest BCUT2D eigenvalue weighted by Gasteiger charge is 2.34. The fourth-order valence-corrected chi connectivity index (χ4v) is 6.66. The van der Waals surface area contributed by atoms with Crippen LogP contribution >= 0.6 is 11.8 Å². The average molecular weight is 646 g/mol. The average Bonchev–Trinajstić information content (AvgIpc) is 3.90. The van der Waals surface area contributed by atoms with Crippen molar-refractivity contribution < 1.29 is 24.2 Å². The molecule has 46 heavy (non-hydrogen) atoms. The molecule has 5 rings (SSSR count). The summed E-state index contributed by atoms with van der Waals surface area (Å²) in [5.41, 5.74) is 2.44. The third-order valence-electron chi connectivity index (χ3n) is 8.82. The molecule has 0 bridgehead atoms. The number of piperidine rings is 1. The quantitative estimate of drug-likeness (QED) is 0.189. The Bertz CT molecular complexity index is 1510. The van der Waals surface area contributed by atoms with Crippen LogP contribution < -0.4 is 19.3 Å². The number of carboxylic acid groups (broad SMARTS) is 1. The molecule has 246 valence electrons. The maximum absolute atomic E-state index is 14.3. The second-order valence-electron chi connectivity index (χ2n) is 13.7. The highest BCUT2D eigenvalue weighted by atomic mass is 32.2. The summed E-state index contributed by atoms with van der Waals surface area (Å²) in [6, 6.07) is 19.5. The van der Waals surface area contributed by atoms with E-state index in [0.29, 0.717) is 42.1 Å². The predicted octanol–water partition coefficient (Wildman–Crippen LogP) is 7.77. The van der Waals surface area contributed by atoms with Gasteiger partial charge in [0.1, 0.15) is 17.3 Å². The van der Waals surface area contributed by atoms with Crippen molar-refractivity contribution in [3.63, 3.8) is 0 Å². The Kier molecular flexibility index (Phi) is 10.8. The van der Waals surface area contributed by atoms with Crippen LogP contribution in [0.4, 0.5) is 11.5 Å². The molecule has 1 unspecified atom stereocenters. The van der Waals surface area contributed by atoms with Gasteiger partial charge in [-0.3, -0.25) is 14.5 Å². The number of carbonyl (C=O) groups excluding carboxylic acids is 1. The van der Waals surface area contributed by atoms with Crippen molar-refractivity contribution in [2.24, 2.45) is 17.3 Å². The molecule has 3 aromatic rings. The fraction of sp³-hybridized carbons (Fsp3) is 0.486. The molecule has 1 atom stereocenters. The summed E-state index contributed by atoms with van der Waals surface area (Å²) < 4.78 is 11.9. The molecular formula is C37H47N3O5S. The molecule has 9 heteroatoms. The minimum Gasteiger partial charge on any atom is -0.497 e. The van der Waals surface area contributed by atoms with Crippen LogP contribution in [0.1, 0.15) is 74.7 Å². The van der Waals surface area contributed by atoms with Gasteiger partial charge in [-0.2, -0.15) is 0 Å². The molecule has 2 heterocycles. The zero-order valence-electron chi connectivity index (χ0n) is 27.7. The SMILES string of the molecule is COc1ccc(C(=O)N(CC(C)(C)C)c2cccc(SC)n2)c(N2CCC(COc3cccc(C(CC(=O)O)C4CC4)c3)CC2)c1. The third kappa shape index (κ3) is 8.75. The summed E-state index contributed by atoms with van der Waals surface area (Å²) >= 11 is 1.56. The molecule has 8 nitrogen and oxygen atoms in total. The molecule has 1 aliphatic heterocycles. The van der Waals surface area contributed by atoms with Crippen LogP contribution in [0.2, 0.25) is 0 Å². The fourth-order valence-electron chi connectivity index (χ4n) is 6.26. The minimum atomic E-state index is -0.751. The standard InChI is InChI=1S/C37H47N3O5S/c1-37(2,3)24-40(33-10-7-11-34(38-33)46-5)36(43)30-15-14-28(44-4)21-32(30)39-18-16-25(17-19-39)23-45-29-9-6-8-27(20-29)31(22-35(41)42)26-12-13-26/h6-11,14-15,20-21,25-26,31H,12-13,16-19,22-24H2,1-5H3,(H,41,42). The van der Waals surface area contributed by atoms with Crippen LogP contribution in [0.25, 0.3) is 0 Å². The van der Waals surface area contributed by atoms with E-state index >= 15 is 0 Å². The Morgan fingerprint density at radius 3 is 2.41 bits per heavy atom. The number of aliphatic carboxylic acids is 1. The van der Waals surface area contributed by atoms with E-state index < -0.39 is 5.97 Å². The van der Waals surface area contributed by atoms with Gasteiger partial charge in [-0.15, -0.1) is 11.8 Å². The van der Waals surface area contributed by atoms with Crippen molar-refractivity contribution in [2.75, 3.05) is 49.4 Å². The van der Waals surface area contributed by atoms with Gasteiger partial charge in [0.05, 0.1) is 36.4 Å². The second kappa shape index (κ2) is 14.8. The highest BCUT2D eigenvalue weighted by molar-refractivity contribution is 7.98.